The van der Waals surface area contributed by atoms with Crippen molar-refractivity contribution < 1.29 is 4.74 Å². The molecule has 0 bridgehead atoms. The molecule has 0 fully saturated rings. The van der Waals surface area contributed by atoms with Gasteiger partial charge in [0.25, 0.3) is 0 Å². The van der Waals surface area contributed by atoms with Gasteiger partial charge in [-0.3, -0.25) is 0 Å². The first-order chi connectivity index (χ1) is 6.83. The van der Waals surface area contributed by atoms with E-state index in [0.29, 0.717) is 0 Å². The molecule has 1 aliphatic rings. The molecule has 2 rings (SSSR count). The molecule has 1 heterocycles. The van der Waals surface area contributed by atoms with Crippen LogP contribution in [-0.2, 0) is 6.42 Å². The van der Waals surface area contributed by atoms with E-state index in [1.54, 1.807) is 0 Å². The summed E-state index contributed by atoms with van der Waals surface area (Å²) in [7, 11) is 0. The van der Waals surface area contributed by atoms with Crippen LogP contribution in [0.5, 0.6) is 5.75 Å². The van der Waals surface area contributed by atoms with E-state index in [9.17, 15) is 0 Å². The molecule has 0 amide bonds. The lowest BCUT2D eigenvalue weighted by molar-refractivity contribution is 0.283. The molecule has 14 heavy (non-hydrogen) atoms. The first-order valence-electron chi connectivity index (χ1n) is 5.33. The second-order valence-electron chi connectivity index (χ2n) is 3.80. The minimum absolute atomic E-state index is 0.114. The van der Waals surface area contributed by atoms with Crippen LogP contribution in [0, 0.1) is 0 Å². The fraction of sp³-hybridized carbons (Fsp3) is 0.500. The maximum atomic E-state index is 6.04. The van der Waals surface area contributed by atoms with Crippen LogP contribution in [-0.4, -0.2) is 6.61 Å². The van der Waals surface area contributed by atoms with Crippen LogP contribution < -0.4 is 10.5 Å². The zero-order valence-corrected chi connectivity index (χ0v) is 8.62. The largest absolute Gasteiger partial charge is 0.493 e. The maximum Gasteiger partial charge on any atom is 0.127 e. The van der Waals surface area contributed by atoms with Crippen LogP contribution in [0.25, 0.3) is 0 Å². The monoisotopic (exact) mass is 191 g/mol. The van der Waals surface area contributed by atoms with E-state index in [1.165, 1.54) is 11.1 Å². The van der Waals surface area contributed by atoms with Crippen molar-refractivity contribution in [2.45, 2.75) is 32.2 Å². The number of fused-ring (bicyclic) bond motifs is 1. The van der Waals surface area contributed by atoms with Gasteiger partial charge >= 0.3 is 0 Å². The lowest BCUT2D eigenvalue weighted by atomic mass is 9.97. The molecule has 2 nitrogen and oxygen atoms in total. The van der Waals surface area contributed by atoms with E-state index in [2.05, 4.69) is 25.1 Å². The summed E-state index contributed by atoms with van der Waals surface area (Å²) in [6, 6.07) is 6.42. The number of ether oxygens (including phenoxy) is 1. The summed E-state index contributed by atoms with van der Waals surface area (Å²) in [5, 5.41) is 0. The van der Waals surface area contributed by atoms with Crippen LogP contribution in [0.4, 0.5) is 0 Å². The highest BCUT2D eigenvalue weighted by molar-refractivity contribution is 5.44. The Balaban J connectivity index is 2.39. The number of para-hydroxylation sites is 1. The third-order valence-corrected chi connectivity index (χ3v) is 2.80. The van der Waals surface area contributed by atoms with Gasteiger partial charge in [0.2, 0.25) is 0 Å². The molecule has 1 aromatic rings. The Morgan fingerprint density at radius 1 is 1.50 bits per heavy atom. The van der Waals surface area contributed by atoms with Gasteiger partial charge in [-0.05, 0) is 24.8 Å². The van der Waals surface area contributed by atoms with E-state index in [-0.39, 0.29) is 6.04 Å². The Kier molecular flexibility index (Phi) is 2.73. The highest BCUT2D eigenvalue weighted by Gasteiger charge is 2.17. The number of hydrogen-bond donors (Lipinski definition) is 1. The molecule has 0 aromatic heterocycles. The van der Waals surface area contributed by atoms with E-state index in [0.717, 1.165) is 31.6 Å². The first kappa shape index (κ1) is 9.53. The number of benzene rings is 1. The predicted octanol–water partition coefficient (Wildman–Crippen LogP) is 2.42. The Morgan fingerprint density at radius 3 is 3.14 bits per heavy atom. The van der Waals surface area contributed by atoms with E-state index >= 15 is 0 Å². The van der Waals surface area contributed by atoms with Gasteiger partial charge in [0.15, 0.2) is 0 Å². The molecule has 0 unspecified atom stereocenters. The van der Waals surface area contributed by atoms with Gasteiger partial charge in [-0.15, -0.1) is 0 Å². The molecule has 76 valence electrons. The van der Waals surface area contributed by atoms with E-state index in [4.69, 9.17) is 10.5 Å². The summed E-state index contributed by atoms with van der Waals surface area (Å²) >= 11 is 0. The van der Waals surface area contributed by atoms with Gasteiger partial charge in [0, 0.05) is 11.6 Å². The zero-order valence-electron chi connectivity index (χ0n) is 8.62. The molecular weight excluding hydrogens is 174 g/mol. The molecule has 2 heteroatoms. The number of rotatable bonds is 2. The number of nitrogens with two attached hydrogens (primary N) is 1. The average molecular weight is 191 g/mol. The van der Waals surface area contributed by atoms with Crippen LogP contribution in [0.15, 0.2) is 18.2 Å². The SMILES string of the molecule is CC[C@@H](N)c1cccc2c1OCCC2. The molecule has 0 spiro atoms. The van der Waals surface area contributed by atoms with Gasteiger partial charge in [-0.2, -0.15) is 0 Å². The Labute approximate surface area is 85.1 Å². The van der Waals surface area contributed by atoms with Crippen LogP contribution in [0.3, 0.4) is 0 Å². The average Bonchev–Trinajstić information content (AvgIpc) is 2.27. The third-order valence-electron chi connectivity index (χ3n) is 2.80. The Hall–Kier alpha value is -1.02. The zero-order chi connectivity index (χ0) is 9.97. The molecule has 0 aliphatic carbocycles. The normalized spacial score (nSPS) is 17.0. The summed E-state index contributed by atoms with van der Waals surface area (Å²) < 4.78 is 5.70. The minimum Gasteiger partial charge on any atom is -0.493 e. The summed E-state index contributed by atoms with van der Waals surface area (Å²) in [4.78, 5) is 0. The smallest absolute Gasteiger partial charge is 0.127 e. The van der Waals surface area contributed by atoms with Crippen molar-refractivity contribution in [3.05, 3.63) is 29.3 Å². The predicted molar refractivity (Wildman–Crippen MR) is 57.5 cm³/mol. The molecular formula is C12H17NO. The fourth-order valence-corrected chi connectivity index (χ4v) is 1.93. The van der Waals surface area contributed by atoms with E-state index in [1.807, 2.05) is 0 Å². The lowest BCUT2D eigenvalue weighted by Crippen LogP contribution is -2.15. The topological polar surface area (TPSA) is 35.2 Å². The van der Waals surface area contributed by atoms with Gasteiger partial charge in [0.05, 0.1) is 6.61 Å². The molecule has 1 atom stereocenters. The molecule has 2 N–H and O–H groups in total. The van der Waals surface area contributed by atoms with Gasteiger partial charge in [-0.25, -0.2) is 0 Å². The van der Waals surface area contributed by atoms with Gasteiger partial charge in [0.1, 0.15) is 5.75 Å². The Bertz CT molecular complexity index is 322. The lowest BCUT2D eigenvalue weighted by Gasteiger charge is -2.22. The number of hydrogen-bond acceptors (Lipinski definition) is 2. The number of aryl methyl sites for hydroxylation is 1. The van der Waals surface area contributed by atoms with Crippen molar-refractivity contribution in [1.29, 1.82) is 0 Å². The van der Waals surface area contributed by atoms with Crippen molar-refractivity contribution in [3.63, 3.8) is 0 Å². The highest BCUT2D eigenvalue weighted by atomic mass is 16.5. The van der Waals surface area contributed by atoms with Crippen LogP contribution in [0.1, 0.15) is 36.9 Å². The van der Waals surface area contributed by atoms with Crippen molar-refractivity contribution in [2.24, 2.45) is 5.73 Å². The quantitative estimate of drug-likeness (QED) is 0.779. The summed E-state index contributed by atoms with van der Waals surface area (Å²) in [5.74, 6) is 1.05. The van der Waals surface area contributed by atoms with Crippen LogP contribution in [0.2, 0.25) is 0 Å². The molecule has 1 aromatic carbocycles. The first-order valence-corrected chi connectivity index (χ1v) is 5.33. The molecule has 0 saturated carbocycles. The summed E-state index contributed by atoms with van der Waals surface area (Å²) in [6.07, 6.45) is 3.21. The maximum absolute atomic E-state index is 6.04. The Morgan fingerprint density at radius 2 is 2.36 bits per heavy atom. The van der Waals surface area contributed by atoms with Crippen molar-refractivity contribution in [1.82, 2.24) is 0 Å². The van der Waals surface area contributed by atoms with E-state index < -0.39 is 0 Å². The standard InChI is InChI=1S/C12H17NO/c1-2-11(13)10-7-3-5-9-6-4-8-14-12(9)10/h3,5,7,11H,2,4,6,8,13H2,1H3/t11-/m1/s1. The molecule has 1 aliphatic heterocycles. The van der Waals surface area contributed by atoms with Gasteiger partial charge < -0.3 is 10.5 Å². The minimum atomic E-state index is 0.114. The molecule has 0 saturated heterocycles. The third kappa shape index (κ3) is 1.62. The van der Waals surface area contributed by atoms with Gasteiger partial charge in [-0.1, -0.05) is 25.1 Å². The second kappa shape index (κ2) is 4.01. The van der Waals surface area contributed by atoms with Crippen molar-refractivity contribution in [3.8, 4) is 5.75 Å². The molecule has 0 radical (unpaired) electrons. The van der Waals surface area contributed by atoms with Crippen molar-refractivity contribution in [2.75, 3.05) is 6.61 Å². The van der Waals surface area contributed by atoms with Crippen molar-refractivity contribution >= 4 is 0 Å². The fourth-order valence-electron chi connectivity index (χ4n) is 1.93. The second-order valence-corrected chi connectivity index (χ2v) is 3.80. The summed E-state index contributed by atoms with van der Waals surface area (Å²) in [6.45, 7) is 2.94. The van der Waals surface area contributed by atoms with Crippen LogP contribution >= 0.6 is 0 Å². The highest BCUT2D eigenvalue weighted by Crippen LogP contribution is 2.32. The summed E-state index contributed by atoms with van der Waals surface area (Å²) in [5.41, 5.74) is 8.53.